The zero-order valence-electron chi connectivity index (χ0n) is 11.2. The summed E-state index contributed by atoms with van der Waals surface area (Å²) in [6.07, 6.45) is 0.679. The number of hydrogen-bond acceptors (Lipinski definition) is 4. The molecule has 0 saturated heterocycles. The van der Waals surface area contributed by atoms with E-state index in [1.165, 1.54) is 11.3 Å². The molecule has 1 amide bonds. The number of thiazole rings is 1. The highest BCUT2D eigenvalue weighted by Crippen LogP contribution is 2.25. The number of rotatable bonds is 4. The molecule has 106 valence electrons. The minimum absolute atomic E-state index is 0.0747. The van der Waals surface area contributed by atoms with Gasteiger partial charge in [-0.15, -0.1) is 11.3 Å². The smallest absolute Gasteiger partial charge is 0.251 e. The van der Waals surface area contributed by atoms with Crippen molar-refractivity contribution in [2.24, 2.45) is 0 Å². The minimum Gasteiger partial charge on any atom is -0.508 e. The molecule has 2 N–H and O–H groups in total. The molecular formula is C16H14N2O2S. The van der Waals surface area contributed by atoms with Crippen LogP contribution in [0.25, 0.3) is 10.2 Å². The Hall–Kier alpha value is -2.40. The number of carbonyl (C=O) groups excluding carboxylic acids is 1. The zero-order valence-corrected chi connectivity index (χ0v) is 12.1. The number of phenols is 1. The van der Waals surface area contributed by atoms with E-state index in [0.717, 1.165) is 15.2 Å². The van der Waals surface area contributed by atoms with Crippen LogP contribution in [0.2, 0.25) is 0 Å². The molecule has 1 aromatic heterocycles. The van der Waals surface area contributed by atoms with Crippen LogP contribution in [0.4, 0.5) is 0 Å². The van der Waals surface area contributed by atoms with Crippen LogP contribution in [0.1, 0.15) is 15.4 Å². The fourth-order valence-electron chi connectivity index (χ4n) is 2.04. The van der Waals surface area contributed by atoms with Crippen LogP contribution >= 0.6 is 11.3 Å². The van der Waals surface area contributed by atoms with Gasteiger partial charge < -0.3 is 10.4 Å². The van der Waals surface area contributed by atoms with Gasteiger partial charge in [-0.1, -0.05) is 18.2 Å². The van der Waals surface area contributed by atoms with E-state index in [4.69, 9.17) is 0 Å². The molecule has 0 spiro atoms. The molecule has 0 unspecified atom stereocenters. The summed E-state index contributed by atoms with van der Waals surface area (Å²) in [5.74, 6) is 0.171. The molecule has 4 nitrogen and oxygen atoms in total. The van der Waals surface area contributed by atoms with Crippen LogP contribution in [0, 0.1) is 0 Å². The SMILES string of the molecule is O=C(NCCc1nc2ccc(O)cc2s1)c1ccccc1. The van der Waals surface area contributed by atoms with E-state index in [-0.39, 0.29) is 11.7 Å². The number of fused-ring (bicyclic) bond motifs is 1. The summed E-state index contributed by atoms with van der Waals surface area (Å²) in [5.41, 5.74) is 1.54. The fourth-order valence-corrected chi connectivity index (χ4v) is 3.04. The quantitative estimate of drug-likeness (QED) is 0.778. The number of benzene rings is 2. The average Bonchev–Trinajstić information content (AvgIpc) is 2.89. The summed E-state index contributed by atoms with van der Waals surface area (Å²) in [6.45, 7) is 0.541. The monoisotopic (exact) mass is 298 g/mol. The zero-order chi connectivity index (χ0) is 14.7. The second-order valence-corrected chi connectivity index (χ2v) is 5.75. The first-order chi connectivity index (χ1) is 10.2. The van der Waals surface area contributed by atoms with E-state index < -0.39 is 0 Å². The van der Waals surface area contributed by atoms with E-state index in [0.29, 0.717) is 18.5 Å². The van der Waals surface area contributed by atoms with Gasteiger partial charge >= 0.3 is 0 Å². The van der Waals surface area contributed by atoms with E-state index in [1.54, 1.807) is 30.3 Å². The van der Waals surface area contributed by atoms with Crippen molar-refractivity contribution in [1.29, 1.82) is 0 Å². The molecule has 0 bridgehead atoms. The number of hydrogen-bond donors (Lipinski definition) is 2. The second kappa shape index (κ2) is 5.93. The van der Waals surface area contributed by atoms with Gasteiger partial charge in [-0.25, -0.2) is 4.98 Å². The lowest BCUT2D eigenvalue weighted by Crippen LogP contribution is -2.25. The van der Waals surface area contributed by atoms with Gasteiger partial charge in [0.1, 0.15) is 5.75 Å². The Bertz CT molecular complexity index is 768. The maximum absolute atomic E-state index is 11.9. The molecule has 3 aromatic rings. The highest BCUT2D eigenvalue weighted by Gasteiger charge is 2.07. The summed E-state index contributed by atoms with van der Waals surface area (Å²) in [5, 5.41) is 13.3. The fraction of sp³-hybridized carbons (Fsp3) is 0.125. The van der Waals surface area contributed by atoms with Gasteiger partial charge in [-0.3, -0.25) is 4.79 Å². The van der Waals surface area contributed by atoms with E-state index in [9.17, 15) is 9.90 Å². The first-order valence-electron chi connectivity index (χ1n) is 6.64. The van der Waals surface area contributed by atoms with Crippen molar-refractivity contribution in [2.45, 2.75) is 6.42 Å². The summed E-state index contributed by atoms with van der Waals surface area (Å²) in [4.78, 5) is 16.4. The summed E-state index contributed by atoms with van der Waals surface area (Å²) < 4.78 is 0.958. The number of amides is 1. The Kier molecular flexibility index (Phi) is 3.83. The predicted octanol–water partition coefficient (Wildman–Crippen LogP) is 2.97. The molecule has 0 saturated carbocycles. The topological polar surface area (TPSA) is 62.2 Å². The van der Waals surface area contributed by atoms with Crippen LogP contribution in [0.5, 0.6) is 5.75 Å². The third-order valence-electron chi connectivity index (χ3n) is 3.08. The third kappa shape index (κ3) is 3.20. The maximum Gasteiger partial charge on any atom is 0.251 e. The molecule has 0 aliphatic carbocycles. The number of aromatic hydroxyl groups is 1. The van der Waals surface area contributed by atoms with Gasteiger partial charge in [0.25, 0.3) is 5.91 Å². The van der Waals surface area contributed by atoms with Crippen molar-refractivity contribution in [3.63, 3.8) is 0 Å². The number of aromatic nitrogens is 1. The highest BCUT2D eigenvalue weighted by molar-refractivity contribution is 7.18. The summed E-state index contributed by atoms with van der Waals surface area (Å²) >= 11 is 1.54. The number of phenolic OH excluding ortho intramolecular Hbond substituents is 1. The van der Waals surface area contributed by atoms with Crippen molar-refractivity contribution in [1.82, 2.24) is 10.3 Å². The molecule has 0 aliphatic heterocycles. The largest absolute Gasteiger partial charge is 0.508 e. The van der Waals surface area contributed by atoms with Crippen molar-refractivity contribution < 1.29 is 9.90 Å². The van der Waals surface area contributed by atoms with Gasteiger partial charge in [0, 0.05) is 18.5 Å². The summed E-state index contributed by atoms with van der Waals surface area (Å²) in [7, 11) is 0. The maximum atomic E-state index is 11.9. The standard InChI is InChI=1S/C16H14N2O2S/c19-12-6-7-13-14(10-12)21-15(18-13)8-9-17-16(20)11-4-2-1-3-5-11/h1-7,10,19H,8-9H2,(H,17,20). The third-order valence-corrected chi connectivity index (χ3v) is 4.15. The van der Waals surface area contributed by atoms with Crippen LogP contribution < -0.4 is 5.32 Å². The number of nitrogens with zero attached hydrogens (tertiary/aromatic N) is 1. The lowest BCUT2D eigenvalue weighted by molar-refractivity contribution is 0.0954. The van der Waals surface area contributed by atoms with E-state index >= 15 is 0 Å². The van der Waals surface area contributed by atoms with Gasteiger partial charge in [0.2, 0.25) is 0 Å². The van der Waals surface area contributed by atoms with Gasteiger partial charge in [0.15, 0.2) is 0 Å². The number of carbonyl (C=O) groups is 1. The molecule has 0 radical (unpaired) electrons. The normalized spacial score (nSPS) is 10.7. The van der Waals surface area contributed by atoms with E-state index in [2.05, 4.69) is 10.3 Å². The highest BCUT2D eigenvalue weighted by atomic mass is 32.1. The van der Waals surface area contributed by atoms with Crippen LogP contribution in [-0.4, -0.2) is 22.5 Å². The van der Waals surface area contributed by atoms with Crippen LogP contribution in [0.15, 0.2) is 48.5 Å². The first kappa shape index (κ1) is 13.6. The summed E-state index contributed by atoms with van der Waals surface area (Å²) in [6, 6.07) is 14.3. The van der Waals surface area contributed by atoms with Crippen molar-refractivity contribution in [3.05, 3.63) is 59.1 Å². The molecule has 0 atom stereocenters. The first-order valence-corrected chi connectivity index (χ1v) is 7.46. The van der Waals surface area contributed by atoms with Crippen molar-refractivity contribution in [2.75, 3.05) is 6.54 Å². The van der Waals surface area contributed by atoms with Crippen molar-refractivity contribution >= 4 is 27.5 Å². The Morgan fingerprint density at radius 1 is 1.19 bits per heavy atom. The average molecular weight is 298 g/mol. The molecule has 5 heteroatoms. The number of nitrogens with one attached hydrogen (secondary N) is 1. The van der Waals surface area contributed by atoms with Gasteiger partial charge in [-0.05, 0) is 30.3 Å². The van der Waals surface area contributed by atoms with Crippen LogP contribution in [-0.2, 0) is 6.42 Å². The lowest BCUT2D eigenvalue weighted by Gasteiger charge is -2.03. The molecule has 3 rings (SSSR count). The van der Waals surface area contributed by atoms with Crippen LogP contribution in [0.3, 0.4) is 0 Å². The molecule has 0 fully saturated rings. The Morgan fingerprint density at radius 2 is 2.00 bits per heavy atom. The molecular weight excluding hydrogens is 284 g/mol. The minimum atomic E-state index is -0.0747. The molecule has 21 heavy (non-hydrogen) atoms. The Labute approximate surface area is 126 Å². The Morgan fingerprint density at radius 3 is 2.81 bits per heavy atom. The lowest BCUT2D eigenvalue weighted by atomic mass is 10.2. The van der Waals surface area contributed by atoms with Gasteiger partial charge in [-0.2, -0.15) is 0 Å². The predicted molar refractivity (Wildman–Crippen MR) is 83.8 cm³/mol. The Balaban J connectivity index is 1.60. The second-order valence-electron chi connectivity index (χ2n) is 4.63. The van der Waals surface area contributed by atoms with E-state index in [1.807, 2.05) is 18.2 Å². The molecule has 1 heterocycles. The van der Waals surface area contributed by atoms with Crippen molar-refractivity contribution in [3.8, 4) is 5.75 Å². The molecule has 2 aromatic carbocycles. The molecule has 0 aliphatic rings. The van der Waals surface area contributed by atoms with Gasteiger partial charge in [0.05, 0.1) is 15.2 Å².